The lowest BCUT2D eigenvalue weighted by Crippen LogP contribution is -2.18. The van der Waals surface area contributed by atoms with Gasteiger partial charge in [-0.3, -0.25) is 4.98 Å². The number of benzene rings is 2. The highest BCUT2D eigenvalue weighted by atomic mass is 32.2. The molecule has 0 saturated carbocycles. The fourth-order valence-electron chi connectivity index (χ4n) is 2.77. The molecule has 7 nitrogen and oxygen atoms in total. The third kappa shape index (κ3) is 4.02. The summed E-state index contributed by atoms with van der Waals surface area (Å²) in [6, 6.07) is 19.7. The van der Waals surface area contributed by atoms with Crippen LogP contribution in [-0.4, -0.2) is 27.6 Å². The molecule has 29 heavy (non-hydrogen) atoms. The molecule has 4 aromatic rings. The topological polar surface area (TPSA) is 89.8 Å². The Kier molecular flexibility index (Phi) is 5.09. The Balaban J connectivity index is 1.74. The summed E-state index contributed by atoms with van der Waals surface area (Å²) < 4.78 is 27.3. The van der Waals surface area contributed by atoms with Gasteiger partial charge in [-0.2, -0.15) is 13.4 Å². The van der Waals surface area contributed by atoms with Crippen molar-refractivity contribution < 1.29 is 8.42 Å². The van der Waals surface area contributed by atoms with Crippen molar-refractivity contribution in [2.45, 2.75) is 18.4 Å². The number of anilines is 1. The third-order valence-corrected chi connectivity index (χ3v) is 5.92. The first-order chi connectivity index (χ1) is 14.0. The van der Waals surface area contributed by atoms with Crippen molar-refractivity contribution in [2.24, 2.45) is 0 Å². The van der Waals surface area contributed by atoms with Crippen molar-refractivity contribution in [1.82, 2.24) is 19.2 Å². The van der Waals surface area contributed by atoms with E-state index < -0.39 is 10.0 Å². The van der Waals surface area contributed by atoms with Gasteiger partial charge in [-0.1, -0.05) is 48.0 Å². The van der Waals surface area contributed by atoms with E-state index in [1.54, 1.807) is 42.7 Å². The molecular weight excluding hydrogens is 386 g/mol. The molecule has 4 rings (SSSR count). The first kappa shape index (κ1) is 18.8. The lowest BCUT2D eigenvalue weighted by molar-refractivity contribution is 0.580. The normalized spacial score (nSPS) is 11.3. The summed E-state index contributed by atoms with van der Waals surface area (Å²) in [6.07, 6.45) is 3.23. The molecule has 1 N–H and O–H groups in total. The average molecular weight is 405 g/mol. The number of rotatable bonds is 6. The van der Waals surface area contributed by atoms with Crippen LogP contribution in [0.3, 0.4) is 0 Å². The van der Waals surface area contributed by atoms with Gasteiger partial charge in [0, 0.05) is 24.5 Å². The monoisotopic (exact) mass is 405 g/mol. The van der Waals surface area contributed by atoms with E-state index in [-0.39, 0.29) is 16.7 Å². The summed E-state index contributed by atoms with van der Waals surface area (Å²) in [7, 11) is -3.91. The predicted molar refractivity (Wildman–Crippen MR) is 111 cm³/mol. The molecule has 0 saturated heterocycles. The fourth-order valence-corrected chi connectivity index (χ4v) is 3.99. The average Bonchev–Trinajstić information content (AvgIpc) is 3.20. The van der Waals surface area contributed by atoms with Gasteiger partial charge in [-0.15, -0.1) is 9.19 Å². The molecule has 0 atom stereocenters. The SMILES string of the molecule is Cc1ccc(CNc2nc(-c3cccnc3)nn2S(=O)(=O)c2ccccc2)cc1. The van der Waals surface area contributed by atoms with Crippen LogP contribution in [0.15, 0.2) is 84.0 Å². The number of hydrogen-bond donors (Lipinski definition) is 1. The maximum Gasteiger partial charge on any atom is 0.286 e. The summed E-state index contributed by atoms with van der Waals surface area (Å²) in [5.74, 6) is 0.428. The standard InChI is InChI=1S/C21H19N5O2S/c1-16-9-11-17(12-10-16)14-23-21-24-20(18-6-5-13-22-15-18)25-26(21)29(27,28)19-7-3-2-4-8-19/h2-13,15H,14H2,1H3,(H,23,24,25). The molecule has 0 amide bonds. The van der Waals surface area contributed by atoms with Gasteiger partial charge >= 0.3 is 0 Å². The molecule has 0 unspecified atom stereocenters. The van der Waals surface area contributed by atoms with E-state index in [4.69, 9.17) is 0 Å². The Morgan fingerprint density at radius 1 is 0.966 bits per heavy atom. The van der Waals surface area contributed by atoms with Gasteiger partial charge in [0.05, 0.1) is 4.90 Å². The maximum atomic E-state index is 13.2. The maximum absolute atomic E-state index is 13.2. The summed E-state index contributed by atoms with van der Waals surface area (Å²) in [4.78, 5) is 8.63. The zero-order chi connectivity index (χ0) is 20.3. The van der Waals surface area contributed by atoms with Crippen molar-refractivity contribution in [1.29, 1.82) is 0 Å². The smallest absolute Gasteiger partial charge is 0.286 e. The van der Waals surface area contributed by atoms with Crippen molar-refractivity contribution in [3.8, 4) is 11.4 Å². The number of pyridine rings is 1. The Hall–Kier alpha value is -3.52. The minimum absolute atomic E-state index is 0.140. The molecule has 2 heterocycles. The highest BCUT2D eigenvalue weighted by Gasteiger charge is 2.24. The van der Waals surface area contributed by atoms with Gasteiger partial charge < -0.3 is 5.32 Å². The molecule has 0 bridgehead atoms. The van der Waals surface area contributed by atoms with Gasteiger partial charge in [0.15, 0.2) is 5.82 Å². The van der Waals surface area contributed by atoms with Crippen LogP contribution in [0.2, 0.25) is 0 Å². The van der Waals surface area contributed by atoms with E-state index in [1.807, 2.05) is 31.2 Å². The summed E-state index contributed by atoms with van der Waals surface area (Å²) in [5.41, 5.74) is 2.79. The van der Waals surface area contributed by atoms with Crippen LogP contribution in [-0.2, 0) is 16.6 Å². The zero-order valence-electron chi connectivity index (χ0n) is 15.7. The molecule has 2 aromatic heterocycles. The van der Waals surface area contributed by atoms with Crippen LogP contribution in [0.1, 0.15) is 11.1 Å². The predicted octanol–water partition coefficient (Wildman–Crippen LogP) is 3.50. The number of aryl methyl sites for hydroxylation is 1. The number of aromatic nitrogens is 4. The first-order valence-corrected chi connectivity index (χ1v) is 10.5. The fraction of sp³-hybridized carbons (Fsp3) is 0.0952. The van der Waals surface area contributed by atoms with Crippen LogP contribution in [0.5, 0.6) is 0 Å². The van der Waals surface area contributed by atoms with Crippen molar-refractivity contribution in [3.05, 3.63) is 90.3 Å². The second-order valence-corrected chi connectivity index (χ2v) is 8.27. The Morgan fingerprint density at radius 2 is 1.72 bits per heavy atom. The largest absolute Gasteiger partial charge is 0.349 e. The third-order valence-electron chi connectivity index (χ3n) is 4.34. The number of hydrogen-bond acceptors (Lipinski definition) is 6. The number of nitrogens with one attached hydrogen (secondary N) is 1. The van der Waals surface area contributed by atoms with Crippen LogP contribution in [0.4, 0.5) is 5.95 Å². The minimum Gasteiger partial charge on any atom is -0.349 e. The molecule has 0 radical (unpaired) electrons. The molecule has 8 heteroatoms. The molecule has 0 aliphatic heterocycles. The van der Waals surface area contributed by atoms with Crippen molar-refractivity contribution in [3.63, 3.8) is 0 Å². The number of nitrogens with zero attached hydrogens (tertiary/aromatic N) is 4. The van der Waals surface area contributed by atoms with E-state index in [2.05, 4.69) is 20.4 Å². The van der Waals surface area contributed by atoms with Gasteiger partial charge in [-0.05, 0) is 36.8 Å². The Morgan fingerprint density at radius 3 is 2.41 bits per heavy atom. The highest BCUT2D eigenvalue weighted by Crippen LogP contribution is 2.22. The second-order valence-electron chi connectivity index (χ2n) is 6.50. The molecule has 0 spiro atoms. The van der Waals surface area contributed by atoms with E-state index in [1.165, 1.54) is 12.1 Å². The van der Waals surface area contributed by atoms with Gasteiger partial charge in [0.1, 0.15) is 0 Å². The quantitative estimate of drug-likeness (QED) is 0.528. The van der Waals surface area contributed by atoms with Gasteiger partial charge in [-0.25, -0.2) is 0 Å². The van der Waals surface area contributed by atoms with E-state index >= 15 is 0 Å². The van der Waals surface area contributed by atoms with Crippen LogP contribution in [0.25, 0.3) is 11.4 Å². The van der Waals surface area contributed by atoms with Crippen LogP contribution < -0.4 is 5.32 Å². The molecule has 0 aliphatic rings. The zero-order valence-corrected chi connectivity index (χ0v) is 16.5. The molecular formula is C21H19N5O2S. The van der Waals surface area contributed by atoms with Gasteiger partial charge in [0.2, 0.25) is 5.95 Å². The summed E-state index contributed by atoms with van der Waals surface area (Å²) >= 11 is 0. The van der Waals surface area contributed by atoms with Crippen molar-refractivity contribution >= 4 is 16.0 Å². The molecule has 0 aliphatic carbocycles. The lowest BCUT2D eigenvalue weighted by Gasteiger charge is -2.09. The first-order valence-electron chi connectivity index (χ1n) is 9.01. The minimum atomic E-state index is -3.91. The van der Waals surface area contributed by atoms with Crippen LogP contribution in [0, 0.1) is 6.92 Å². The van der Waals surface area contributed by atoms with E-state index in [0.717, 1.165) is 15.2 Å². The summed E-state index contributed by atoms with van der Waals surface area (Å²) in [6.45, 7) is 2.43. The van der Waals surface area contributed by atoms with Gasteiger partial charge in [0.25, 0.3) is 10.0 Å². The van der Waals surface area contributed by atoms with E-state index in [9.17, 15) is 8.42 Å². The second kappa shape index (κ2) is 7.84. The summed E-state index contributed by atoms with van der Waals surface area (Å²) in [5, 5.41) is 7.37. The van der Waals surface area contributed by atoms with Crippen LogP contribution >= 0.6 is 0 Å². The lowest BCUT2D eigenvalue weighted by atomic mass is 10.1. The van der Waals surface area contributed by atoms with Crippen molar-refractivity contribution in [2.75, 3.05) is 5.32 Å². The highest BCUT2D eigenvalue weighted by molar-refractivity contribution is 7.90. The molecule has 146 valence electrons. The molecule has 2 aromatic carbocycles. The molecule has 0 fully saturated rings. The Bertz CT molecular complexity index is 1210. The Labute approximate surface area is 169 Å². The van der Waals surface area contributed by atoms with E-state index in [0.29, 0.717) is 12.1 Å².